The molecule has 0 fully saturated rings. The maximum atomic E-state index is 12.6. The molecule has 3 rings (SSSR count). The van der Waals surface area contributed by atoms with Crippen molar-refractivity contribution in [3.63, 3.8) is 0 Å². The lowest BCUT2D eigenvalue weighted by molar-refractivity contribution is -0.129. The van der Waals surface area contributed by atoms with E-state index >= 15 is 0 Å². The van der Waals surface area contributed by atoms with Crippen molar-refractivity contribution in [1.82, 2.24) is 4.90 Å². The number of fused-ring (bicyclic) bond motifs is 1. The van der Waals surface area contributed by atoms with Crippen LogP contribution in [0.4, 0.5) is 5.00 Å². The summed E-state index contributed by atoms with van der Waals surface area (Å²) in [7, 11) is 0. The number of amides is 2. The highest BCUT2D eigenvalue weighted by molar-refractivity contribution is 7.17. The first kappa shape index (κ1) is 18.1. The van der Waals surface area contributed by atoms with Gasteiger partial charge in [-0.3, -0.25) is 9.59 Å². The molecule has 0 spiro atoms. The molecule has 2 aromatic rings. The molecule has 0 radical (unpaired) electrons. The first-order chi connectivity index (χ1) is 12.3. The summed E-state index contributed by atoms with van der Waals surface area (Å²) >= 11 is 1.24. The number of aryl methyl sites for hydroxylation is 2. The Morgan fingerprint density at radius 2 is 1.92 bits per heavy atom. The molecule has 0 bridgehead atoms. The van der Waals surface area contributed by atoms with Gasteiger partial charge < -0.3 is 15.3 Å². The minimum Gasteiger partial charge on any atom is -0.478 e. The molecule has 2 N–H and O–H groups in total. The molecule has 7 heteroatoms. The number of carbonyl (C=O) groups excluding carboxylic acids is 2. The zero-order valence-electron chi connectivity index (χ0n) is 14.9. The van der Waals surface area contributed by atoms with Crippen LogP contribution in [0.15, 0.2) is 18.2 Å². The van der Waals surface area contributed by atoms with E-state index in [1.807, 2.05) is 19.9 Å². The van der Waals surface area contributed by atoms with E-state index in [1.54, 1.807) is 17.0 Å². The van der Waals surface area contributed by atoms with Gasteiger partial charge in [-0.1, -0.05) is 6.07 Å². The van der Waals surface area contributed by atoms with Crippen molar-refractivity contribution in [3.05, 3.63) is 50.9 Å². The average molecular weight is 372 g/mol. The van der Waals surface area contributed by atoms with Crippen LogP contribution in [-0.2, 0) is 17.8 Å². The lowest BCUT2D eigenvalue weighted by Crippen LogP contribution is -2.33. The van der Waals surface area contributed by atoms with E-state index in [-0.39, 0.29) is 17.4 Å². The van der Waals surface area contributed by atoms with Crippen LogP contribution in [-0.4, -0.2) is 34.3 Å². The number of carboxylic acid groups (broad SMARTS) is 1. The molecule has 1 aromatic carbocycles. The third-order valence-electron chi connectivity index (χ3n) is 4.71. The van der Waals surface area contributed by atoms with Crippen LogP contribution in [0.1, 0.15) is 49.2 Å². The van der Waals surface area contributed by atoms with Crippen molar-refractivity contribution in [2.75, 3.05) is 11.9 Å². The molecule has 0 aliphatic carbocycles. The van der Waals surface area contributed by atoms with E-state index in [1.165, 1.54) is 18.3 Å². The number of anilines is 1. The van der Waals surface area contributed by atoms with Gasteiger partial charge in [-0.2, -0.15) is 0 Å². The number of thiophene rings is 1. The van der Waals surface area contributed by atoms with Crippen LogP contribution in [0.2, 0.25) is 0 Å². The topological polar surface area (TPSA) is 86.7 Å². The molecule has 1 aliphatic heterocycles. The van der Waals surface area contributed by atoms with Crippen LogP contribution >= 0.6 is 11.3 Å². The third-order valence-corrected chi connectivity index (χ3v) is 5.84. The molecular weight excluding hydrogens is 352 g/mol. The number of rotatable bonds is 3. The fourth-order valence-electron chi connectivity index (χ4n) is 3.04. The van der Waals surface area contributed by atoms with E-state index in [0.717, 1.165) is 21.6 Å². The lowest BCUT2D eigenvalue weighted by atomic mass is 10.0. The monoisotopic (exact) mass is 372 g/mol. The van der Waals surface area contributed by atoms with Crippen molar-refractivity contribution in [2.45, 2.75) is 33.7 Å². The smallest absolute Gasteiger partial charge is 0.339 e. The predicted molar refractivity (Wildman–Crippen MR) is 99.9 cm³/mol. The summed E-state index contributed by atoms with van der Waals surface area (Å²) < 4.78 is 0. The maximum Gasteiger partial charge on any atom is 0.339 e. The van der Waals surface area contributed by atoms with Crippen LogP contribution in [0, 0.1) is 13.8 Å². The van der Waals surface area contributed by atoms with E-state index < -0.39 is 5.97 Å². The molecule has 0 saturated carbocycles. The average Bonchev–Trinajstić information content (AvgIpc) is 2.94. The molecule has 136 valence electrons. The van der Waals surface area contributed by atoms with Crippen molar-refractivity contribution < 1.29 is 19.5 Å². The van der Waals surface area contributed by atoms with Gasteiger partial charge in [0.25, 0.3) is 5.91 Å². The zero-order chi connectivity index (χ0) is 19.0. The van der Waals surface area contributed by atoms with Crippen LogP contribution in [0.25, 0.3) is 0 Å². The number of aromatic carboxylic acids is 1. The fraction of sp³-hybridized carbons (Fsp3) is 0.316. The van der Waals surface area contributed by atoms with Gasteiger partial charge in [0.05, 0.1) is 12.1 Å². The highest BCUT2D eigenvalue weighted by Crippen LogP contribution is 2.37. The molecule has 2 amide bonds. The van der Waals surface area contributed by atoms with Gasteiger partial charge in [-0.15, -0.1) is 11.3 Å². The molecule has 6 nitrogen and oxygen atoms in total. The molecule has 0 unspecified atom stereocenters. The minimum atomic E-state index is -1.06. The molecule has 0 atom stereocenters. The highest BCUT2D eigenvalue weighted by Gasteiger charge is 2.29. The van der Waals surface area contributed by atoms with Crippen LogP contribution in [0.5, 0.6) is 0 Å². The Kier molecular flexibility index (Phi) is 4.82. The SMILES string of the molecule is CC(=O)N1CCc2c(sc(NC(=O)c3ccc(C)c(C)c3)c2C(=O)O)C1. The predicted octanol–water partition coefficient (Wildman–Crippen LogP) is 3.22. The highest BCUT2D eigenvalue weighted by atomic mass is 32.1. The maximum absolute atomic E-state index is 12.6. The Bertz CT molecular complexity index is 917. The van der Waals surface area contributed by atoms with Gasteiger partial charge in [-0.25, -0.2) is 4.79 Å². The number of nitrogens with one attached hydrogen (secondary N) is 1. The summed E-state index contributed by atoms with van der Waals surface area (Å²) in [5.74, 6) is -1.44. The fourth-order valence-corrected chi connectivity index (χ4v) is 4.29. The van der Waals surface area contributed by atoms with Gasteiger partial charge in [0.1, 0.15) is 5.00 Å². The van der Waals surface area contributed by atoms with Crippen molar-refractivity contribution in [2.24, 2.45) is 0 Å². The van der Waals surface area contributed by atoms with Crippen molar-refractivity contribution >= 4 is 34.1 Å². The normalized spacial score (nSPS) is 13.3. The van der Waals surface area contributed by atoms with Crippen molar-refractivity contribution in [1.29, 1.82) is 0 Å². The number of nitrogens with zero attached hydrogens (tertiary/aromatic N) is 1. The quantitative estimate of drug-likeness (QED) is 0.866. The second kappa shape index (κ2) is 6.92. The molecular formula is C19H20N2O4S. The van der Waals surface area contributed by atoms with Crippen LogP contribution in [0.3, 0.4) is 0 Å². The minimum absolute atomic E-state index is 0.0401. The first-order valence-corrected chi connectivity index (χ1v) is 9.11. The largest absolute Gasteiger partial charge is 0.478 e. The summed E-state index contributed by atoms with van der Waals surface area (Å²) in [6.07, 6.45) is 0.479. The van der Waals surface area contributed by atoms with Gasteiger partial charge in [-0.05, 0) is 49.1 Å². The summed E-state index contributed by atoms with van der Waals surface area (Å²) in [5, 5.41) is 12.7. The van der Waals surface area contributed by atoms with Crippen molar-refractivity contribution in [3.8, 4) is 0 Å². The zero-order valence-corrected chi connectivity index (χ0v) is 15.7. The van der Waals surface area contributed by atoms with Crippen LogP contribution < -0.4 is 5.32 Å². The summed E-state index contributed by atoms with van der Waals surface area (Å²) in [6.45, 7) is 6.26. The number of carboxylic acids is 1. The Labute approximate surface area is 155 Å². The number of benzene rings is 1. The first-order valence-electron chi connectivity index (χ1n) is 8.30. The lowest BCUT2D eigenvalue weighted by Gasteiger charge is -2.25. The standard InChI is InChI=1S/C19H20N2O4S/c1-10-4-5-13(8-11(10)2)17(23)20-18-16(19(24)25)14-6-7-21(12(3)22)9-15(14)26-18/h4-5,8H,6-7,9H2,1-3H3,(H,20,23)(H,24,25). The van der Waals surface area contributed by atoms with E-state index in [0.29, 0.717) is 30.1 Å². The molecule has 2 heterocycles. The second-order valence-electron chi connectivity index (χ2n) is 6.46. The Morgan fingerprint density at radius 1 is 1.19 bits per heavy atom. The van der Waals surface area contributed by atoms with E-state index in [4.69, 9.17) is 0 Å². The van der Waals surface area contributed by atoms with Gasteiger partial charge >= 0.3 is 5.97 Å². The molecule has 1 aliphatic rings. The van der Waals surface area contributed by atoms with Gasteiger partial charge in [0.15, 0.2) is 0 Å². The van der Waals surface area contributed by atoms with Gasteiger partial charge in [0.2, 0.25) is 5.91 Å². The molecule has 26 heavy (non-hydrogen) atoms. The van der Waals surface area contributed by atoms with E-state index in [9.17, 15) is 19.5 Å². The number of hydrogen-bond acceptors (Lipinski definition) is 4. The Hall–Kier alpha value is -2.67. The van der Waals surface area contributed by atoms with E-state index in [2.05, 4.69) is 5.32 Å². The molecule has 1 aromatic heterocycles. The summed E-state index contributed by atoms with van der Waals surface area (Å²) in [6, 6.07) is 5.38. The van der Waals surface area contributed by atoms with Gasteiger partial charge in [0, 0.05) is 23.9 Å². The Morgan fingerprint density at radius 3 is 2.54 bits per heavy atom. The second-order valence-corrected chi connectivity index (χ2v) is 7.56. The number of hydrogen-bond donors (Lipinski definition) is 2. The summed E-state index contributed by atoms with van der Waals surface area (Å²) in [4.78, 5) is 38.4. The Balaban J connectivity index is 1.92. The number of carbonyl (C=O) groups is 3. The third kappa shape index (κ3) is 3.35. The molecule has 0 saturated heterocycles. The summed E-state index contributed by atoms with van der Waals surface area (Å²) in [5.41, 5.74) is 3.43.